The van der Waals surface area contributed by atoms with Gasteiger partial charge in [-0.25, -0.2) is 15.0 Å². The summed E-state index contributed by atoms with van der Waals surface area (Å²) < 4.78 is 0.541. The van der Waals surface area contributed by atoms with Crippen LogP contribution >= 0.6 is 11.3 Å². The molecule has 0 bridgehead atoms. The molecule has 0 aliphatic carbocycles. The van der Waals surface area contributed by atoms with Crippen molar-refractivity contribution in [2.45, 2.75) is 21.3 Å². The van der Waals surface area contributed by atoms with Crippen molar-refractivity contribution in [2.75, 3.05) is 0 Å². The van der Waals surface area contributed by atoms with Gasteiger partial charge in [0.15, 0.2) is 0 Å². The van der Waals surface area contributed by atoms with Crippen LogP contribution in [0.5, 0.6) is 0 Å². The van der Waals surface area contributed by atoms with Gasteiger partial charge in [-0.3, -0.25) is 9.78 Å². The lowest BCUT2D eigenvalue weighted by Crippen LogP contribution is -2.07. The zero-order valence-corrected chi connectivity index (χ0v) is 12.9. The number of fused-ring (bicyclic) bond motifs is 3. The number of H-pyrrole nitrogens is 1. The molecule has 23 heavy (non-hydrogen) atoms. The molecule has 0 radical (unpaired) electrons. The van der Waals surface area contributed by atoms with E-state index in [1.165, 1.54) is 11.3 Å². The van der Waals surface area contributed by atoms with Crippen molar-refractivity contribution < 1.29 is 0 Å². The van der Waals surface area contributed by atoms with E-state index in [1.807, 2.05) is 19.9 Å². The van der Waals surface area contributed by atoms with Gasteiger partial charge < -0.3 is 4.98 Å². The maximum atomic E-state index is 12.2. The molecule has 0 spiro atoms. The molecule has 4 rings (SSSR count). The Balaban J connectivity index is 0.000000617. The van der Waals surface area contributed by atoms with Crippen LogP contribution in [0.15, 0.2) is 41.7 Å². The third kappa shape index (κ3) is 2.95. The topological polar surface area (TPSA) is 84.4 Å². The largest absolute Gasteiger partial charge is 0.305 e. The van der Waals surface area contributed by atoms with Gasteiger partial charge in [-0.15, -0.1) is 11.3 Å². The zero-order chi connectivity index (χ0) is 15.5. The van der Waals surface area contributed by atoms with E-state index in [0.717, 1.165) is 5.56 Å². The number of aromatic nitrogens is 5. The minimum Gasteiger partial charge on any atom is -0.305 e. The monoisotopic (exact) mass is 327 g/mol. The van der Waals surface area contributed by atoms with Crippen LogP contribution in [0.4, 0.5) is 0 Å². The highest BCUT2D eigenvalue weighted by Gasteiger charge is 2.13. The standard InChI is InChI=1S/C13H7N5OS.C2H6.CH4/c19-12-10-8(9-13(20-10)16-5-4-15-9)17-11(18-12)7-2-1-3-14-6-7;1-2;/h1-6H,(H,17,18,19);1-2H3;1H4. The lowest BCUT2D eigenvalue weighted by molar-refractivity contribution is 1.17. The lowest BCUT2D eigenvalue weighted by Gasteiger charge is -1.99. The van der Waals surface area contributed by atoms with E-state index in [-0.39, 0.29) is 13.0 Å². The molecule has 0 saturated carbocycles. The van der Waals surface area contributed by atoms with Crippen molar-refractivity contribution in [3.8, 4) is 11.4 Å². The van der Waals surface area contributed by atoms with Crippen LogP contribution in [0.1, 0.15) is 21.3 Å². The summed E-state index contributed by atoms with van der Waals surface area (Å²) in [4.78, 5) is 32.7. The van der Waals surface area contributed by atoms with Crippen molar-refractivity contribution in [1.82, 2.24) is 24.9 Å². The van der Waals surface area contributed by atoms with Crippen LogP contribution in [0, 0.1) is 0 Å². The average molecular weight is 327 g/mol. The van der Waals surface area contributed by atoms with Crippen LogP contribution < -0.4 is 5.56 Å². The fourth-order valence-corrected chi connectivity index (χ4v) is 2.95. The number of hydrogen-bond donors (Lipinski definition) is 1. The highest BCUT2D eigenvalue weighted by atomic mass is 32.1. The highest BCUT2D eigenvalue weighted by Crippen LogP contribution is 2.27. The molecule has 118 valence electrons. The Kier molecular flexibility index (Phi) is 5.13. The van der Waals surface area contributed by atoms with Gasteiger partial charge in [0.2, 0.25) is 0 Å². The Labute approximate surface area is 137 Å². The van der Waals surface area contributed by atoms with Gasteiger partial charge in [0.1, 0.15) is 26.4 Å². The Morgan fingerprint density at radius 1 is 1.09 bits per heavy atom. The first-order valence-corrected chi connectivity index (χ1v) is 7.68. The molecular weight excluding hydrogens is 310 g/mol. The van der Waals surface area contributed by atoms with E-state index in [2.05, 4.69) is 24.9 Å². The molecule has 0 aliphatic rings. The lowest BCUT2D eigenvalue weighted by atomic mass is 10.2. The number of aromatic amines is 1. The third-order valence-corrected chi connectivity index (χ3v) is 3.97. The SMILES string of the molecule is C.CC.O=c1[nH]c(-c2cccnc2)nc2c1sc1nccnc12. The number of pyridine rings is 1. The zero-order valence-electron chi connectivity index (χ0n) is 12.1. The maximum absolute atomic E-state index is 12.2. The van der Waals surface area contributed by atoms with Crippen molar-refractivity contribution in [3.63, 3.8) is 0 Å². The number of hydrogen-bond acceptors (Lipinski definition) is 6. The Morgan fingerprint density at radius 3 is 2.61 bits per heavy atom. The molecule has 6 nitrogen and oxygen atoms in total. The van der Waals surface area contributed by atoms with Gasteiger partial charge >= 0.3 is 0 Å². The molecule has 4 heterocycles. The maximum Gasteiger partial charge on any atom is 0.269 e. The summed E-state index contributed by atoms with van der Waals surface area (Å²) in [6.07, 6.45) is 6.53. The van der Waals surface area contributed by atoms with Crippen LogP contribution in [0.2, 0.25) is 0 Å². The van der Waals surface area contributed by atoms with Crippen LogP contribution in [0.3, 0.4) is 0 Å². The fourth-order valence-electron chi connectivity index (χ4n) is 2.02. The highest BCUT2D eigenvalue weighted by molar-refractivity contribution is 7.25. The van der Waals surface area contributed by atoms with E-state index < -0.39 is 0 Å². The number of nitrogens with zero attached hydrogens (tertiary/aromatic N) is 4. The molecule has 1 N–H and O–H groups in total. The van der Waals surface area contributed by atoms with Crippen molar-refractivity contribution in [1.29, 1.82) is 0 Å². The summed E-state index contributed by atoms with van der Waals surface area (Å²) in [5.74, 6) is 0.487. The number of rotatable bonds is 1. The van der Waals surface area contributed by atoms with Gasteiger partial charge in [-0.1, -0.05) is 21.3 Å². The molecule has 0 amide bonds. The smallest absolute Gasteiger partial charge is 0.269 e. The molecule has 0 aliphatic heterocycles. The van der Waals surface area contributed by atoms with Crippen molar-refractivity contribution in [2.24, 2.45) is 0 Å². The van der Waals surface area contributed by atoms with Gasteiger partial charge in [0.25, 0.3) is 5.56 Å². The molecule has 4 aromatic rings. The van der Waals surface area contributed by atoms with Crippen LogP contribution in [-0.2, 0) is 0 Å². The number of thiophene rings is 1. The molecule has 0 fully saturated rings. The Morgan fingerprint density at radius 2 is 1.87 bits per heavy atom. The third-order valence-electron chi connectivity index (χ3n) is 2.90. The van der Waals surface area contributed by atoms with E-state index in [1.54, 1.807) is 30.9 Å². The molecule has 0 atom stereocenters. The molecule has 7 heteroatoms. The Bertz CT molecular complexity index is 978. The van der Waals surface area contributed by atoms with Crippen LogP contribution in [-0.4, -0.2) is 24.9 Å². The minimum absolute atomic E-state index is 0. The molecule has 0 unspecified atom stereocenters. The van der Waals surface area contributed by atoms with E-state index in [0.29, 0.717) is 26.4 Å². The van der Waals surface area contributed by atoms with Crippen molar-refractivity contribution in [3.05, 3.63) is 47.3 Å². The predicted molar refractivity (Wildman–Crippen MR) is 94.6 cm³/mol. The second kappa shape index (κ2) is 7.06. The summed E-state index contributed by atoms with van der Waals surface area (Å²) in [6.45, 7) is 4.00. The first kappa shape index (κ1) is 16.7. The Hall–Kier alpha value is -2.67. The number of nitrogens with one attached hydrogen (secondary N) is 1. The summed E-state index contributed by atoms with van der Waals surface area (Å²) in [5.41, 5.74) is 1.82. The van der Waals surface area contributed by atoms with Gasteiger partial charge in [-0.05, 0) is 12.1 Å². The van der Waals surface area contributed by atoms with Gasteiger partial charge in [0, 0.05) is 30.4 Å². The van der Waals surface area contributed by atoms with E-state index in [4.69, 9.17) is 0 Å². The van der Waals surface area contributed by atoms with E-state index in [9.17, 15) is 4.79 Å². The molecule has 0 aromatic carbocycles. The van der Waals surface area contributed by atoms with Gasteiger partial charge in [0.05, 0.1) is 0 Å². The first-order chi connectivity index (χ1) is 10.8. The minimum atomic E-state index is -0.182. The summed E-state index contributed by atoms with van der Waals surface area (Å²) >= 11 is 1.30. The van der Waals surface area contributed by atoms with E-state index >= 15 is 0 Å². The predicted octanol–water partition coefficient (Wildman–Crippen LogP) is 3.65. The van der Waals surface area contributed by atoms with Crippen molar-refractivity contribution >= 4 is 31.9 Å². The molecule has 4 aromatic heterocycles. The summed E-state index contributed by atoms with van der Waals surface area (Å²) in [6, 6.07) is 3.64. The quantitative estimate of drug-likeness (QED) is 0.577. The first-order valence-electron chi connectivity index (χ1n) is 6.87. The molecule has 0 saturated heterocycles. The second-order valence-corrected chi connectivity index (χ2v) is 5.15. The molecular formula is C16H17N5OS. The normalized spacial score (nSPS) is 10.0. The van der Waals surface area contributed by atoms with Crippen LogP contribution in [0.25, 0.3) is 32.0 Å². The average Bonchev–Trinajstić information content (AvgIpc) is 2.97. The second-order valence-electron chi connectivity index (χ2n) is 4.15. The summed E-state index contributed by atoms with van der Waals surface area (Å²) in [5, 5.41) is 0. The summed E-state index contributed by atoms with van der Waals surface area (Å²) in [7, 11) is 0. The van der Waals surface area contributed by atoms with Gasteiger partial charge in [-0.2, -0.15) is 0 Å². The fraction of sp³-hybridized carbons (Fsp3) is 0.188.